The second-order valence-electron chi connectivity index (χ2n) is 6.96. The van der Waals surface area contributed by atoms with Crippen LogP contribution in [0.5, 0.6) is 11.5 Å². The summed E-state index contributed by atoms with van der Waals surface area (Å²) in [6.07, 6.45) is -7.95. The summed E-state index contributed by atoms with van der Waals surface area (Å²) in [5, 5.41) is 2.75. The molecule has 0 spiro atoms. The van der Waals surface area contributed by atoms with E-state index < -0.39 is 29.7 Å². The van der Waals surface area contributed by atoms with Crippen LogP contribution < -0.4 is 19.6 Å². The standard InChI is InChI=1S/C18H19F4N3O3S/c1-9(2)11(4)23-15(26)24-16-25(8-10(3)29-16)12-5-6-13-14(7-12)28-18(21,22)17(19,20)27-13/h5-9,11H,1-4H3,(H,23,26)/b24-16-. The molecule has 0 saturated heterocycles. The van der Waals surface area contributed by atoms with E-state index in [0.29, 0.717) is 5.69 Å². The third-order valence-corrected chi connectivity index (χ3v) is 5.24. The number of aryl methyl sites for hydroxylation is 1. The second kappa shape index (κ2) is 7.36. The largest absolute Gasteiger partial charge is 0.507 e. The van der Waals surface area contributed by atoms with E-state index in [4.69, 9.17) is 0 Å². The van der Waals surface area contributed by atoms with Crippen molar-refractivity contribution in [3.63, 3.8) is 0 Å². The van der Waals surface area contributed by atoms with Gasteiger partial charge in [-0.15, -0.1) is 11.3 Å². The van der Waals surface area contributed by atoms with Crippen molar-refractivity contribution in [2.75, 3.05) is 0 Å². The van der Waals surface area contributed by atoms with E-state index in [1.54, 1.807) is 13.1 Å². The minimum absolute atomic E-state index is 0.0982. The fraction of sp³-hybridized carbons (Fsp3) is 0.444. The number of urea groups is 1. The molecular formula is C18H19F4N3O3S. The molecule has 1 atom stereocenters. The first-order chi connectivity index (χ1) is 13.4. The number of nitrogens with zero attached hydrogens (tertiary/aromatic N) is 2. The minimum Gasteiger partial charge on any atom is -0.421 e. The van der Waals surface area contributed by atoms with Gasteiger partial charge in [-0.05, 0) is 31.9 Å². The van der Waals surface area contributed by atoms with Crippen LogP contribution in [0.3, 0.4) is 0 Å². The number of thiazole rings is 1. The second-order valence-corrected chi connectivity index (χ2v) is 8.17. The molecule has 2 heterocycles. The molecular weight excluding hydrogens is 414 g/mol. The summed E-state index contributed by atoms with van der Waals surface area (Å²) in [6.45, 7) is 7.54. The van der Waals surface area contributed by atoms with Crippen molar-refractivity contribution in [2.24, 2.45) is 10.9 Å². The zero-order chi connectivity index (χ0) is 21.6. The molecule has 2 aromatic rings. The predicted molar refractivity (Wildman–Crippen MR) is 97.9 cm³/mol. The van der Waals surface area contributed by atoms with E-state index in [9.17, 15) is 22.4 Å². The van der Waals surface area contributed by atoms with Crippen molar-refractivity contribution in [3.05, 3.63) is 34.1 Å². The SMILES string of the molecule is Cc1cn(-c2ccc3c(c2)OC(F)(F)C(F)(F)O3)/c(=N/C(=O)NC(C)C(C)C)s1. The number of alkyl halides is 4. The quantitative estimate of drug-likeness (QED) is 0.727. The Labute approximate surface area is 167 Å². The van der Waals surface area contributed by atoms with Crippen molar-refractivity contribution in [1.29, 1.82) is 0 Å². The van der Waals surface area contributed by atoms with Crippen molar-refractivity contribution < 1.29 is 31.8 Å². The molecule has 158 valence electrons. The molecule has 3 rings (SSSR count). The van der Waals surface area contributed by atoms with E-state index in [2.05, 4.69) is 19.8 Å². The zero-order valence-electron chi connectivity index (χ0n) is 16.0. The fourth-order valence-electron chi connectivity index (χ4n) is 2.40. The highest BCUT2D eigenvalue weighted by Crippen LogP contribution is 2.47. The molecule has 1 N–H and O–H groups in total. The normalized spacial score (nSPS) is 18.6. The van der Waals surface area contributed by atoms with Gasteiger partial charge in [0.1, 0.15) is 0 Å². The van der Waals surface area contributed by atoms with Gasteiger partial charge < -0.3 is 14.8 Å². The summed E-state index contributed by atoms with van der Waals surface area (Å²) in [5.74, 6) is -0.846. The number of rotatable bonds is 3. The van der Waals surface area contributed by atoms with Gasteiger partial charge in [-0.1, -0.05) is 13.8 Å². The lowest BCUT2D eigenvalue weighted by Crippen LogP contribution is -2.52. The van der Waals surface area contributed by atoms with Gasteiger partial charge in [0.05, 0.1) is 5.69 Å². The van der Waals surface area contributed by atoms with Crippen molar-refractivity contribution in [2.45, 2.75) is 46.0 Å². The lowest BCUT2D eigenvalue weighted by molar-refractivity contribution is -0.391. The van der Waals surface area contributed by atoms with Gasteiger partial charge in [-0.2, -0.15) is 22.6 Å². The number of hydrogen-bond acceptors (Lipinski definition) is 4. The van der Waals surface area contributed by atoms with Gasteiger partial charge in [-0.3, -0.25) is 4.57 Å². The number of benzene rings is 1. The number of nitrogens with one attached hydrogen (secondary N) is 1. The summed E-state index contributed by atoms with van der Waals surface area (Å²) in [7, 11) is 0. The Kier molecular flexibility index (Phi) is 5.37. The van der Waals surface area contributed by atoms with E-state index in [-0.39, 0.29) is 16.8 Å². The van der Waals surface area contributed by atoms with Crippen LogP contribution in [0.25, 0.3) is 5.69 Å². The lowest BCUT2D eigenvalue weighted by atomic mass is 10.1. The number of fused-ring (bicyclic) bond motifs is 1. The Hall–Kier alpha value is -2.56. The number of carbonyl (C=O) groups excluding carboxylic acids is 1. The molecule has 6 nitrogen and oxygen atoms in total. The predicted octanol–water partition coefficient (Wildman–Crippen LogP) is 4.46. The van der Waals surface area contributed by atoms with Crippen molar-refractivity contribution in [3.8, 4) is 17.2 Å². The minimum atomic E-state index is -4.81. The molecule has 1 aliphatic rings. The first-order valence-electron chi connectivity index (χ1n) is 8.72. The number of ether oxygens (including phenoxy) is 2. The van der Waals surface area contributed by atoms with E-state index in [0.717, 1.165) is 17.0 Å². The highest BCUT2D eigenvalue weighted by Gasteiger charge is 2.65. The van der Waals surface area contributed by atoms with Crippen LogP contribution in [0.1, 0.15) is 25.6 Å². The highest BCUT2D eigenvalue weighted by molar-refractivity contribution is 7.09. The summed E-state index contributed by atoms with van der Waals surface area (Å²) < 4.78 is 63.3. The summed E-state index contributed by atoms with van der Waals surface area (Å²) in [4.78, 5) is 17.3. The zero-order valence-corrected chi connectivity index (χ0v) is 16.8. The Bertz CT molecular complexity index is 1000. The Balaban J connectivity index is 1.97. The first kappa shape index (κ1) is 21.2. The molecule has 1 aromatic heterocycles. The van der Waals surface area contributed by atoms with E-state index >= 15 is 0 Å². The summed E-state index contributed by atoms with van der Waals surface area (Å²) >= 11 is 1.21. The van der Waals surface area contributed by atoms with Crippen LogP contribution in [0.4, 0.5) is 22.4 Å². The van der Waals surface area contributed by atoms with Crippen LogP contribution in [-0.4, -0.2) is 28.9 Å². The van der Waals surface area contributed by atoms with Crippen LogP contribution >= 0.6 is 11.3 Å². The van der Waals surface area contributed by atoms with Gasteiger partial charge in [0.25, 0.3) is 0 Å². The maximum absolute atomic E-state index is 13.5. The molecule has 1 aromatic carbocycles. The lowest BCUT2D eigenvalue weighted by Gasteiger charge is -2.31. The molecule has 11 heteroatoms. The van der Waals surface area contributed by atoms with Crippen molar-refractivity contribution in [1.82, 2.24) is 9.88 Å². The molecule has 0 radical (unpaired) electrons. The molecule has 29 heavy (non-hydrogen) atoms. The Morgan fingerprint density at radius 1 is 1.14 bits per heavy atom. The molecule has 0 fully saturated rings. The smallest absolute Gasteiger partial charge is 0.421 e. The summed E-state index contributed by atoms with van der Waals surface area (Å²) in [5.41, 5.74) is 0.293. The maximum Gasteiger partial charge on any atom is 0.507 e. The monoisotopic (exact) mass is 433 g/mol. The molecule has 1 aliphatic heterocycles. The van der Waals surface area contributed by atoms with E-state index in [1.807, 2.05) is 20.8 Å². The van der Waals surface area contributed by atoms with Crippen LogP contribution in [0, 0.1) is 12.8 Å². The Morgan fingerprint density at radius 2 is 1.76 bits per heavy atom. The van der Waals surface area contributed by atoms with Crippen molar-refractivity contribution >= 4 is 17.4 Å². The Morgan fingerprint density at radius 3 is 2.38 bits per heavy atom. The molecule has 1 unspecified atom stereocenters. The fourth-order valence-corrected chi connectivity index (χ4v) is 3.24. The van der Waals surface area contributed by atoms with Gasteiger partial charge in [0, 0.05) is 23.2 Å². The molecule has 0 aliphatic carbocycles. The average molecular weight is 433 g/mol. The number of halogens is 4. The number of hydrogen-bond donors (Lipinski definition) is 1. The van der Waals surface area contributed by atoms with Gasteiger partial charge in [0.2, 0.25) is 0 Å². The van der Waals surface area contributed by atoms with Crippen LogP contribution in [-0.2, 0) is 0 Å². The molecule has 2 amide bonds. The maximum atomic E-state index is 13.5. The van der Waals surface area contributed by atoms with Gasteiger partial charge in [0.15, 0.2) is 16.3 Å². The number of amides is 2. The summed E-state index contributed by atoms with van der Waals surface area (Å²) in [6, 6.07) is 2.95. The van der Waals surface area contributed by atoms with Gasteiger partial charge >= 0.3 is 18.2 Å². The molecule has 0 bridgehead atoms. The van der Waals surface area contributed by atoms with Crippen LogP contribution in [0.2, 0.25) is 0 Å². The average Bonchev–Trinajstić information content (AvgIpc) is 2.94. The van der Waals surface area contributed by atoms with Crippen LogP contribution in [0.15, 0.2) is 29.4 Å². The van der Waals surface area contributed by atoms with Gasteiger partial charge in [-0.25, -0.2) is 4.79 Å². The number of aromatic nitrogens is 1. The third kappa shape index (κ3) is 4.24. The molecule has 0 saturated carbocycles. The third-order valence-electron chi connectivity index (χ3n) is 4.34. The topological polar surface area (TPSA) is 64.8 Å². The van der Waals surface area contributed by atoms with E-state index in [1.165, 1.54) is 22.0 Å². The first-order valence-corrected chi connectivity index (χ1v) is 9.53. The number of carbonyl (C=O) groups is 1. The highest BCUT2D eigenvalue weighted by atomic mass is 32.1.